The second kappa shape index (κ2) is 5.61. The lowest BCUT2D eigenvalue weighted by molar-refractivity contribution is 0.303. The highest BCUT2D eigenvalue weighted by Gasteiger charge is 2.18. The Labute approximate surface area is 118 Å². The summed E-state index contributed by atoms with van der Waals surface area (Å²) < 4.78 is 4.28. The van der Waals surface area contributed by atoms with Crippen molar-refractivity contribution in [1.29, 1.82) is 0 Å². The van der Waals surface area contributed by atoms with E-state index in [1.165, 1.54) is 37.2 Å². The van der Waals surface area contributed by atoms with Crippen molar-refractivity contribution >= 4 is 22.4 Å². The Bertz CT molecular complexity index is 532. The van der Waals surface area contributed by atoms with Crippen molar-refractivity contribution in [1.82, 2.24) is 4.37 Å². The van der Waals surface area contributed by atoms with Crippen LogP contribution in [0.4, 0.5) is 10.8 Å². The maximum atomic E-state index is 6.00. The minimum atomic E-state index is 0.627. The van der Waals surface area contributed by atoms with Crippen LogP contribution in [0.3, 0.4) is 0 Å². The first-order valence-electron chi connectivity index (χ1n) is 6.89. The molecule has 0 aliphatic heterocycles. The Kier molecular flexibility index (Phi) is 3.69. The number of hydrogen-bond acceptors (Lipinski definition) is 4. The minimum Gasteiger partial charge on any atom is -0.382 e. The molecule has 0 spiro atoms. The molecule has 0 atom stereocenters. The van der Waals surface area contributed by atoms with Crippen LogP contribution < -0.4 is 11.1 Å². The number of hydrogen-bond donors (Lipinski definition) is 2. The summed E-state index contributed by atoms with van der Waals surface area (Å²) in [6.45, 7) is 1.02. The average molecular weight is 273 g/mol. The Balaban J connectivity index is 1.71. The highest BCUT2D eigenvalue weighted by molar-refractivity contribution is 7.11. The van der Waals surface area contributed by atoms with Crippen molar-refractivity contribution in [2.24, 2.45) is 5.92 Å². The molecule has 3 nitrogen and oxygen atoms in total. The van der Waals surface area contributed by atoms with Gasteiger partial charge in [0.15, 0.2) is 0 Å². The van der Waals surface area contributed by atoms with Crippen LogP contribution in [0.2, 0.25) is 0 Å². The Morgan fingerprint density at radius 1 is 1.26 bits per heavy atom. The number of nitrogen functional groups attached to an aromatic ring is 1. The smallest absolute Gasteiger partial charge is 0.147 e. The van der Waals surface area contributed by atoms with Crippen molar-refractivity contribution in [2.45, 2.75) is 25.7 Å². The van der Waals surface area contributed by atoms with E-state index < -0.39 is 0 Å². The van der Waals surface area contributed by atoms with Gasteiger partial charge in [0.2, 0.25) is 0 Å². The highest BCUT2D eigenvalue weighted by Crippen LogP contribution is 2.37. The summed E-state index contributed by atoms with van der Waals surface area (Å²) in [4.78, 5) is 0. The molecule has 1 aromatic heterocycles. The Hall–Kier alpha value is -1.55. The summed E-state index contributed by atoms with van der Waals surface area (Å²) in [5.74, 6) is 1.56. The topological polar surface area (TPSA) is 50.9 Å². The largest absolute Gasteiger partial charge is 0.382 e. The van der Waals surface area contributed by atoms with E-state index in [9.17, 15) is 0 Å². The predicted molar refractivity (Wildman–Crippen MR) is 82.4 cm³/mol. The first-order chi connectivity index (χ1) is 9.34. The van der Waals surface area contributed by atoms with E-state index >= 15 is 0 Å². The maximum Gasteiger partial charge on any atom is 0.147 e. The van der Waals surface area contributed by atoms with E-state index in [0.29, 0.717) is 5.82 Å². The van der Waals surface area contributed by atoms with Gasteiger partial charge in [0.25, 0.3) is 0 Å². The number of rotatable bonds is 5. The van der Waals surface area contributed by atoms with Crippen molar-refractivity contribution in [3.8, 4) is 11.1 Å². The van der Waals surface area contributed by atoms with Gasteiger partial charge in [-0.25, -0.2) is 0 Å². The number of nitrogens with zero attached hydrogens (tertiary/aromatic N) is 1. The number of anilines is 2. The standard InChI is InChI=1S/C15H19N3S/c16-14-13(12-7-2-1-3-8-12)15(19-18-14)17-10-9-11-5-4-6-11/h1-3,7-8,11,17H,4-6,9-10H2,(H2,16,18). The fourth-order valence-electron chi connectivity index (χ4n) is 2.48. The molecule has 1 saturated carbocycles. The molecule has 1 aliphatic carbocycles. The molecule has 19 heavy (non-hydrogen) atoms. The van der Waals surface area contributed by atoms with Crippen molar-refractivity contribution in [3.63, 3.8) is 0 Å². The third-order valence-corrected chi connectivity index (χ3v) is 4.66. The van der Waals surface area contributed by atoms with Gasteiger partial charge in [0.05, 0.1) is 5.56 Å². The highest BCUT2D eigenvalue weighted by atomic mass is 32.1. The van der Waals surface area contributed by atoms with Crippen LogP contribution in [0.5, 0.6) is 0 Å². The van der Waals surface area contributed by atoms with Gasteiger partial charge >= 0.3 is 0 Å². The third-order valence-electron chi connectivity index (χ3n) is 3.84. The second-order valence-corrected chi connectivity index (χ2v) is 5.92. The van der Waals surface area contributed by atoms with E-state index in [2.05, 4.69) is 21.8 Å². The van der Waals surface area contributed by atoms with Gasteiger partial charge in [-0.15, -0.1) is 0 Å². The molecule has 3 N–H and O–H groups in total. The van der Waals surface area contributed by atoms with E-state index in [1.54, 1.807) is 0 Å². The van der Waals surface area contributed by atoms with E-state index in [-0.39, 0.29) is 0 Å². The first kappa shape index (κ1) is 12.5. The molecule has 0 radical (unpaired) electrons. The normalized spacial score (nSPS) is 15.2. The molecule has 0 saturated heterocycles. The van der Waals surface area contributed by atoms with E-state index in [1.807, 2.05) is 18.2 Å². The monoisotopic (exact) mass is 273 g/mol. The zero-order valence-electron chi connectivity index (χ0n) is 10.9. The molecule has 1 heterocycles. The summed E-state index contributed by atoms with van der Waals surface area (Å²) in [5, 5.41) is 4.61. The Morgan fingerprint density at radius 3 is 2.74 bits per heavy atom. The third kappa shape index (κ3) is 2.73. The number of aromatic nitrogens is 1. The van der Waals surface area contributed by atoms with Crippen LogP contribution in [0.15, 0.2) is 30.3 Å². The fraction of sp³-hybridized carbons (Fsp3) is 0.400. The maximum absolute atomic E-state index is 6.00. The van der Waals surface area contributed by atoms with Gasteiger partial charge in [-0.2, -0.15) is 4.37 Å². The number of nitrogens with one attached hydrogen (secondary N) is 1. The van der Waals surface area contributed by atoms with Crippen LogP contribution >= 0.6 is 11.5 Å². The SMILES string of the molecule is Nc1nsc(NCCC2CCC2)c1-c1ccccc1. The zero-order chi connectivity index (χ0) is 13.1. The van der Waals surface area contributed by atoms with Gasteiger partial charge < -0.3 is 11.1 Å². The van der Waals surface area contributed by atoms with Gasteiger partial charge in [0, 0.05) is 6.54 Å². The average Bonchev–Trinajstić information content (AvgIpc) is 2.75. The van der Waals surface area contributed by atoms with Crippen molar-refractivity contribution in [3.05, 3.63) is 30.3 Å². The molecule has 3 rings (SSSR count). The summed E-state index contributed by atoms with van der Waals surface area (Å²) in [6.07, 6.45) is 5.47. The van der Waals surface area contributed by atoms with Gasteiger partial charge in [0.1, 0.15) is 10.8 Å². The lowest BCUT2D eigenvalue weighted by atomic mass is 9.83. The van der Waals surface area contributed by atoms with Gasteiger partial charge in [-0.1, -0.05) is 49.6 Å². The quantitative estimate of drug-likeness (QED) is 0.866. The lowest BCUT2D eigenvalue weighted by Gasteiger charge is -2.25. The second-order valence-electron chi connectivity index (χ2n) is 5.15. The van der Waals surface area contributed by atoms with Crippen molar-refractivity contribution in [2.75, 3.05) is 17.6 Å². The lowest BCUT2D eigenvalue weighted by Crippen LogP contribution is -2.15. The van der Waals surface area contributed by atoms with Gasteiger partial charge in [-0.05, 0) is 29.4 Å². The molecule has 1 aromatic carbocycles. The molecule has 2 aromatic rings. The van der Waals surface area contributed by atoms with Crippen LogP contribution in [0.1, 0.15) is 25.7 Å². The first-order valence-corrected chi connectivity index (χ1v) is 7.66. The molecule has 1 fully saturated rings. The molecular weight excluding hydrogens is 254 g/mol. The Morgan fingerprint density at radius 2 is 2.05 bits per heavy atom. The summed E-state index contributed by atoms with van der Waals surface area (Å²) in [7, 11) is 0. The minimum absolute atomic E-state index is 0.627. The molecular formula is C15H19N3S. The molecule has 100 valence electrons. The molecule has 0 unspecified atom stereocenters. The van der Waals surface area contributed by atoms with Crippen LogP contribution in [0, 0.1) is 5.92 Å². The molecule has 0 bridgehead atoms. The molecule has 0 amide bonds. The van der Waals surface area contributed by atoms with Crippen LogP contribution in [-0.2, 0) is 0 Å². The van der Waals surface area contributed by atoms with Crippen molar-refractivity contribution < 1.29 is 0 Å². The zero-order valence-corrected chi connectivity index (χ0v) is 11.7. The predicted octanol–water partition coefficient (Wildman–Crippen LogP) is 3.99. The fourth-order valence-corrected chi connectivity index (χ4v) is 3.24. The molecule has 4 heteroatoms. The number of benzene rings is 1. The van der Waals surface area contributed by atoms with Crippen LogP contribution in [0.25, 0.3) is 11.1 Å². The van der Waals surface area contributed by atoms with Gasteiger partial charge in [-0.3, -0.25) is 0 Å². The number of nitrogens with two attached hydrogens (primary N) is 1. The molecule has 1 aliphatic rings. The summed E-state index contributed by atoms with van der Waals surface area (Å²) in [5.41, 5.74) is 8.20. The van der Waals surface area contributed by atoms with E-state index in [0.717, 1.165) is 28.6 Å². The van der Waals surface area contributed by atoms with Crippen LogP contribution in [-0.4, -0.2) is 10.9 Å². The summed E-state index contributed by atoms with van der Waals surface area (Å²) in [6, 6.07) is 10.2. The summed E-state index contributed by atoms with van der Waals surface area (Å²) >= 11 is 1.46. The van der Waals surface area contributed by atoms with E-state index in [4.69, 9.17) is 5.73 Å².